The monoisotopic (exact) mass is 242 g/mol. The van der Waals surface area contributed by atoms with Gasteiger partial charge in [0.25, 0.3) is 0 Å². The Balaban J connectivity index is 1.97. The van der Waals surface area contributed by atoms with Crippen molar-refractivity contribution in [3.63, 3.8) is 0 Å². The fourth-order valence-electron chi connectivity index (χ4n) is 3.01. The van der Waals surface area contributed by atoms with Gasteiger partial charge in [0.15, 0.2) is 0 Å². The minimum absolute atomic E-state index is 0.726. The molecule has 1 N–H and O–H groups in total. The van der Waals surface area contributed by atoms with Crippen LogP contribution >= 0.6 is 11.8 Å². The lowest BCUT2D eigenvalue weighted by molar-refractivity contribution is 0.0864. The molecule has 2 fully saturated rings. The molecule has 0 saturated carbocycles. The third-order valence-corrected chi connectivity index (χ3v) is 5.49. The minimum atomic E-state index is 0.726. The maximum Gasteiger partial charge on any atom is 0.0222 e. The Bertz CT molecular complexity index is 222. The first kappa shape index (κ1) is 12.7. The van der Waals surface area contributed by atoms with Gasteiger partial charge in [-0.15, -0.1) is 0 Å². The fraction of sp³-hybridized carbons (Fsp3) is 1.00. The average Bonchev–Trinajstić information content (AvgIpc) is 2.75. The van der Waals surface area contributed by atoms with Crippen molar-refractivity contribution in [2.45, 2.75) is 63.4 Å². The van der Waals surface area contributed by atoms with Crippen molar-refractivity contribution in [3.8, 4) is 0 Å². The third-order valence-electron chi connectivity index (χ3n) is 4.15. The summed E-state index contributed by atoms with van der Waals surface area (Å²) >= 11 is 2.16. The van der Waals surface area contributed by atoms with Crippen molar-refractivity contribution in [3.05, 3.63) is 0 Å². The van der Waals surface area contributed by atoms with Crippen LogP contribution < -0.4 is 5.32 Å². The lowest BCUT2D eigenvalue weighted by atomic mass is 10.0. The Morgan fingerprint density at radius 2 is 2.12 bits per heavy atom. The first-order valence-corrected chi connectivity index (χ1v) is 7.90. The summed E-state index contributed by atoms with van der Waals surface area (Å²) in [5, 5.41) is 4.56. The summed E-state index contributed by atoms with van der Waals surface area (Å²) in [7, 11) is 0. The third kappa shape index (κ3) is 2.74. The maximum atomic E-state index is 3.69. The van der Waals surface area contributed by atoms with Crippen molar-refractivity contribution in [2.24, 2.45) is 0 Å². The summed E-state index contributed by atoms with van der Waals surface area (Å²) in [4.78, 5) is 2.81. The number of hydrogen-bond acceptors (Lipinski definition) is 3. The number of nitrogens with zero attached hydrogens (tertiary/aromatic N) is 1. The molecule has 4 atom stereocenters. The highest BCUT2D eigenvalue weighted by Crippen LogP contribution is 2.31. The van der Waals surface area contributed by atoms with Gasteiger partial charge in [-0.05, 0) is 19.3 Å². The SMILES string of the molecule is CCC1CN(C2CSC(C)C2)C(CC)CN1. The van der Waals surface area contributed by atoms with E-state index in [2.05, 4.69) is 42.7 Å². The van der Waals surface area contributed by atoms with Crippen molar-refractivity contribution in [1.82, 2.24) is 10.2 Å². The molecule has 2 heterocycles. The van der Waals surface area contributed by atoms with Crippen LogP contribution in [0, 0.1) is 0 Å². The zero-order chi connectivity index (χ0) is 11.5. The normalized spacial score (nSPS) is 41.4. The Morgan fingerprint density at radius 1 is 1.31 bits per heavy atom. The summed E-state index contributed by atoms with van der Waals surface area (Å²) in [5.41, 5.74) is 0. The molecule has 0 aromatic carbocycles. The summed E-state index contributed by atoms with van der Waals surface area (Å²) in [6, 6.07) is 2.35. The molecule has 2 aliphatic rings. The lowest BCUT2D eigenvalue weighted by Crippen LogP contribution is -2.59. The summed E-state index contributed by atoms with van der Waals surface area (Å²) in [6.07, 6.45) is 3.96. The molecule has 2 saturated heterocycles. The molecule has 2 rings (SSSR count). The van der Waals surface area contributed by atoms with Gasteiger partial charge in [0.05, 0.1) is 0 Å². The highest BCUT2D eigenvalue weighted by molar-refractivity contribution is 8.00. The highest BCUT2D eigenvalue weighted by atomic mass is 32.2. The Hall–Kier alpha value is 0.270. The van der Waals surface area contributed by atoms with Crippen molar-refractivity contribution < 1.29 is 0 Å². The van der Waals surface area contributed by atoms with E-state index in [0.29, 0.717) is 0 Å². The largest absolute Gasteiger partial charge is 0.311 e. The Kier molecular flexibility index (Phi) is 4.57. The molecule has 0 aliphatic carbocycles. The van der Waals surface area contributed by atoms with E-state index in [4.69, 9.17) is 0 Å². The van der Waals surface area contributed by atoms with Crippen molar-refractivity contribution >= 4 is 11.8 Å². The van der Waals surface area contributed by atoms with Gasteiger partial charge in [0.1, 0.15) is 0 Å². The van der Waals surface area contributed by atoms with E-state index in [1.54, 1.807) is 0 Å². The smallest absolute Gasteiger partial charge is 0.0222 e. The van der Waals surface area contributed by atoms with Gasteiger partial charge in [-0.2, -0.15) is 11.8 Å². The standard InChI is InChI=1S/C13H26N2S/c1-4-11-8-15(12(5-2)7-14-11)13-6-10(3)16-9-13/h10-14H,4-9H2,1-3H3. The molecule has 94 valence electrons. The molecule has 16 heavy (non-hydrogen) atoms. The van der Waals surface area contributed by atoms with Crippen LogP contribution in [-0.4, -0.2) is 47.1 Å². The zero-order valence-corrected chi connectivity index (χ0v) is 11.7. The van der Waals surface area contributed by atoms with E-state index < -0.39 is 0 Å². The quantitative estimate of drug-likeness (QED) is 0.818. The van der Waals surface area contributed by atoms with Crippen LogP contribution in [0.2, 0.25) is 0 Å². The second kappa shape index (κ2) is 5.74. The molecule has 0 amide bonds. The average molecular weight is 242 g/mol. The molecule has 0 bridgehead atoms. The Labute approximate surface area is 105 Å². The van der Waals surface area contributed by atoms with Gasteiger partial charge in [0, 0.05) is 42.2 Å². The van der Waals surface area contributed by atoms with Crippen LogP contribution in [0.15, 0.2) is 0 Å². The maximum absolute atomic E-state index is 3.69. The predicted molar refractivity (Wildman–Crippen MR) is 73.2 cm³/mol. The molecule has 2 nitrogen and oxygen atoms in total. The van der Waals surface area contributed by atoms with Crippen LogP contribution in [0.4, 0.5) is 0 Å². The fourth-order valence-corrected chi connectivity index (χ4v) is 4.25. The molecule has 0 spiro atoms. The molecular weight excluding hydrogens is 216 g/mol. The van der Waals surface area contributed by atoms with Gasteiger partial charge in [0.2, 0.25) is 0 Å². The molecule has 0 radical (unpaired) electrons. The van der Waals surface area contributed by atoms with Gasteiger partial charge < -0.3 is 5.32 Å². The van der Waals surface area contributed by atoms with E-state index in [1.165, 1.54) is 38.1 Å². The number of hydrogen-bond donors (Lipinski definition) is 1. The summed E-state index contributed by atoms with van der Waals surface area (Å²) < 4.78 is 0. The molecule has 2 aliphatic heterocycles. The lowest BCUT2D eigenvalue weighted by Gasteiger charge is -2.43. The van der Waals surface area contributed by atoms with Gasteiger partial charge in [-0.25, -0.2) is 0 Å². The predicted octanol–water partition coefficient (Wildman–Crippen LogP) is 2.34. The summed E-state index contributed by atoms with van der Waals surface area (Å²) in [6.45, 7) is 9.48. The van der Waals surface area contributed by atoms with E-state index >= 15 is 0 Å². The molecule has 3 heteroatoms. The first-order valence-electron chi connectivity index (χ1n) is 6.85. The van der Waals surface area contributed by atoms with Crippen LogP contribution in [0.1, 0.15) is 40.0 Å². The molecule has 0 aromatic heterocycles. The van der Waals surface area contributed by atoms with Crippen LogP contribution in [0.25, 0.3) is 0 Å². The highest BCUT2D eigenvalue weighted by Gasteiger charge is 2.34. The van der Waals surface area contributed by atoms with Crippen LogP contribution in [0.3, 0.4) is 0 Å². The second-order valence-electron chi connectivity index (χ2n) is 5.31. The van der Waals surface area contributed by atoms with Crippen molar-refractivity contribution in [1.29, 1.82) is 0 Å². The summed E-state index contributed by atoms with van der Waals surface area (Å²) in [5.74, 6) is 1.36. The van der Waals surface area contributed by atoms with Gasteiger partial charge in [-0.1, -0.05) is 20.8 Å². The van der Waals surface area contributed by atoms with Crippen molar-refractivity contribution in [2.75, 3.05) is 18.8 Å². The second-order valence-corrected chi connectivity index (χ2v) is 6.78. The first-order chi connectivity index (χ1) is 7.74. The topological polar surface area (TPSA) is 15.3 Å². The molecule has 4 unspecified atom stereocenters. The van der Waals surface area contributed by atoms with Crippen LogP contribution in [0.5, 0.6) is 0 Å². The zero-order valence-electron chi connectivity index (χ0n) is 10.9. The number of rotatable bonds is 3. The van der Waals surface area contributed by atoms with Gasteiger partial charge in [-0.3, -0.25) is 4.90 Å². The number of thioether (sulfide) groups is 1. The molecule has 0 aromatic rings. The number of nitrogens with one attached hydrogen (secondary N) is 1. The van der Waals surface area contributed by atoms with Gasteiger partial charge >= 0.3 is 0 Å². The molecular formula is C13H26N2S. The van der Waals surface area contributed by atoms with E-state index in [1.807, 2.05) is 0 Å². The Morgan fingerprint density at radius 3 is 2.69 bits per heavy atom. The van der Waals surface area contributed by atoms with E-state index in [0.717, 1.165) is 23.4 Å². The number of piperazine rings is 1. The van der Waals surface area contributed by atoms with Crippen LogP contribution in [-0.2, 0) is 0 Å². The minimum Gasteiger partial charge on any atom is -0.311 e. The van der Waals surface area contributed by atoms with E-state index in [9.17, 15) is 0 Å². The van der Waals surface area contributed by atoms with E-state index in [-0.39, 0.29) is 0 Å².